The first-order valence-corrected chi connectivity index (χ1v) is 7.46. The van der Waals surface area contributed by atoms with Crippen molar-refractivity contribution in [1.29, 1.82) is 0 Å². The highest BCUT2D eigenvalue weighted by Crippen LogP contribution is 2.27. The molecule has 0 heterocycles. The highest BCUT2D eigenvalue weighted by atomic mass is 79.9. The molecule has 1 aromatic rings. The van der Waals surface area contributed by atoms with Crippen LogP contribution in [-0.4, -0.2) is 49.7 Å². The van der Waals surface area contributed by atoms with Crippen molar-refractivity contribution < 1.29 is 5.21 Å². The third-order valence-corrected chi connectivity index (χ3v) is 3.74. The molecule has 1 aromatic carbocycles. The van der Waals surface area contributed by atoms with Gasteiger partial charge in [-0.3, -0.25) is 0 Å². The molecule has 0 aromatic heterocycles. The topological polar surface area (TPSA) is 65.1 Å². The summed E-state index contributed by atoms with van der Waals surface area (Å²) >= 11 is 3.56. The number of halogens is 1. The molecule has 0 spiro atoms. The standard InChI is InChI=1S/C14H23BrN4O/c1-4-19(9-5-8-18(2)3)13-7-6-11(10-12(13)15)14(16)17-20/h6-7,10,20H,4-5,8-9H2,1-3H3,(H2,16,17). The zero-order chi connectivity index (χ0) is 15.1. The molecule has 112 valence electrons. The van der Waals surface area contributed by atoms with E-state index in [-0.39, 0.29) is 5.84 Å². The maximum Gasteiger partial charge on any atom is 0.170 e. The summed E-state index contributed by atoms with van der Waals surface area (Å²) in [5.41, 5.74) is 7.42. The monoisotopic (exact) mass is 342 g/mol. The molecular weight excluding hydrogens is 320 g/mol. The van der Waals surface area contributed by atoms with E-state index in [1.807, 2.05) is 18.2 Å². The third-order valence-electron chi connectivity index (χ3n) is 3.11. The van der Waals surface area contributed by atoms with Gasteiger partial charge in [0.1, 0.15) is 0 Å². The first-order chi connectivity index (χ1) is 9.49. The van der Waals surface area contributed by atoms with Crippen molar-refractivity contribution in [3.8, 4) is 0 Å². The van der Waals surface area contributed by atoms with Crippen LogP contribution in [-0.2, 0) is 0 Å². The van der Waals surface area contributed by atoms with Gasteiger partial charge in [0.15, 0.2) is 5.84 Å². The Morgan fingerprint density at radius 2 is 2.05 bits per heavy atom. The average Bonchev–Trinajstić information content (AvgIpc) is 2.43. The summed E-state index contributed by atoms with van der Waals surface area (Å²) in [6.45, 7) is 5.14. The largest absolute Gasteiger partial charge is 0.409 e. The van der Waals surface area contributed by atoms with E-state index < -0.39 is 0 Å². The van der Waals surface area contributed by atoms with Crippen LogP contribution in [0.5, 0.6) is 0 Å². The van der Waals surface area contributed by atoms with Gasteiger partial charge in [-0.2, -0.15) is 0 Å². The molecule has 6 heteroatoms. The van der Waals surface area contributed by atoms with Gasteiger partial charge in [0.2, 0.25) is 0 Å². The van der Waals surface area contributed by atoms with Crippen LogP contribution in [0.1, 0.15) is 18.9 Å². The Morgan fingerprint density at radius 3 is 2.55 bits per heavy atom. The summed E-state index contributed by atoms with van der Waals surface area (Å²) in [5.74, 6) is 0.118. The number of anilines is 1. The molecule has 5 nitrogen and oxygen atoms in total. The Morgan fingerprint density at radius 1 is 1.35 bits per heavy atom. The Hall–Kier alpha value is -1.27. The van der Waals surface area contributed by atoms with Crippen LogP contribution in [0.25, 0.3) is 0 Å². The van der Waals surface area contributed by atoms with Gasteiger partial charge in [-0.25, -0.2) is 0 Å². The van der Waals surface area contributed by atoms with E-state index in [2.05, 4.69) is 51.9 Å². The maximum atomic E-state index is 8.70. The van der Waals surface area contributed by atoms with Crippen LogP contribution >= 0.6 is 15.9 Å². The number of amidine groups is 1. The van der Waals surface area contributed by atoms with Crippen molar-refractivity contribution in [2.75, 3.05) is 38.6 Å². The van der Waals surface area contributed by atoms with Crippen molar-refractivity contribution in [3.05, 3.63) is 28.2 Å². The molecule has 0 unspecified atom stereocenters. The van der Waals surface area contributed by atoms with Crippen LogP contribution < -0.4 is 10.6 Å². The summed E-state index contributed by atoms with van der Waals surface area (Å²) in [5, 5.41) is 11.7. The Balaban J connectivity index is 2.82. The molecule has 0 radical (unpaired) electrons. The summed E-state index contributed by atoms with van der Waals surface area (Å²) < 4.78 is 0.952. The van der Waals surface area contributed by atoms with E-state index in [9.17, 15) is 0 Å². The van der Waals surface area contributed by atoms with Gasteiger partial charge in [0, 0.05) is 23.1 Å². The molecular formula is C14H23BrN4O. The van der Waals surface area contributed by atoms with E-state index in [1.165, 1.54) is 0 Å². The van der Waals surface area contributed by atoms with Gasteiger partial charge in [-0.05, 0) is 68.1 Å². The highest BCUT2D eigenvalue weighted by molar-refractivity contribution is 9.10. The molecule has 0 bridgehead atoms. The minimum Gasteiger partial charge on any atom is -0.409 e. The lowest BCUT2D eigenvalue weighted by molar-refractivity contribution is 0.318. The molecule has 0 aliphatic rings. The van der Waals surface area contributed by atoms with Gasteiger partial charge < -0.3 is 20.7 Å². The minimum atomic E-state index is 0.118. The Kier molecular flexibility index (Phi) is 6.81. The summed E-state index contributed by atoms with van der Waals surface area (Å²) in [4.78, 5) is 4.49. The number of hydrogen-bond acceptors (Lipinski definition) is 4. The second-order valence-corrected chi connectivity index (χ2v) is 5.74. The van der Waals surface area contributed by atoms with Gasteiger partial charge in [0.25, 0.3) is 0 Å². The van der Waals surface area contributed by atoms with Gasteiger partial charge in [0.05, 0.1) is 5.69 Å². The number of oxime groups is 1. The molecule has 1 rings (SSSR count). The predicted octanol–water partition coefficient (Wildman–Crippen LogP) is 2.32. The quantitative estimate of drug-likeness (QED) is 0.345. The molecule has 0 saturated carbocycles. The lowest BCUT2D eigenvalue weighted by atomic mass is 10.1. The molecule has 0 amide bonds. The number of hydrogen-bond donors (Lipinski definition) is 2. The van der Waals surface area contributed by atoms with Gasteiger partial charge in [-0.1, -0.05) is 5.16 Å². The first kappa shape index (κ1) is 16.8. The Bertz CT molecular complexity index is 462. The smallest absolute Gasteiger partial charge is 0.170 e. The predicted molar refractivity (Wildman–Crippen MR) is 87.7 cm³/mol. The fraction of sp³-hybridized carbons (Fsp3) is 0.500. The van der Waals surface area contributed by atoms with E-state index in [0.29, 0.717) is 5.56 Å². The molecule has 3 N–H and O–H groups in total. The second kappa shape index (κ2) is 8.11. The maximum absolute atomic E-state index is 8.70. The van der Waals surface area contributed by atoms with E-state index in [1.54, 1.807) is 0 Å². The normalized spacial score (nSPS) is 11.9. The Labute approximate surface area is 129 Å². The van der Waals surface area contributed by atoms with Crippen molar-refractivity contribution in [3.63, 3.8) is 0 Å². The fourth-order valence-corrected chi connectivity index (χ4v) is 2.64. The fourth-order valence-electron chi connectivity index (χ4n) is 2.01. The number of rotatable bonds is 7. The van der Waals surface area contributed by atoms with Gasteiger partial charge >= 0.3 is 0 Å². The average molecular weight is 343 g/mol. The summed E-state index contributed by atoms with van der Waals surface area (Å²) in [6, 6.07) is 5.74. The molecule has 0 saturated heterocycles. The number of nitrogens with two attached hydrogens (primary N) is 1. The summed E-state index contributed by atoms with van der Waals surface area (Å²) in [6.07, 6.45) is 1.11. The van der Waals surface area contributed by atoms with E-state index in [0.717, 1.165) is 36.2 Å². The van der Waals surface area contributed by atoms with Crippen LogP contribution in [0, 0.1) is 0 Å². The minimum absolute atomic E-state index is 0.118. The third kappa shape index (κ3) is 4.68. The van der Waals surface area contributed by atoms with Crippen LogP contribution in [0.15, 0.2) is 27.8 Å². The van der Waals surface area contributed by atoms with Crippen LogP contribution in [0.2, 0.25) is 0 Å². The highest BCUT2D eigenvalue weighted by Gasteiger charge is 2.10. The number of nitrogens with zero attached hydrogens (tertiary/aromatic N) is 3. The van der Waals surface area contributed by atoms with Crippen molar-refractivity contribution >= 4 is 27.5 Å². The van der Waals surface area contributed by atoms with Gasteiger partial charge in [-0.15, -0.1) is 0 Å². The lowest BCUT2D eigenvalue weighted by Crippen LogP contribution is -2.27. The zero-order valence-electron chi connectivity index (χ0n) is 12.3. The van der Waals surface area contributed by atoms with Crippen molar-refractivity contribution in [2.45, 2.75) is 13.3 Å². The van der Waals surface area contributed by atoms with Crippen LogP contribution in [0.3, 0.4) is 0 Å². The first-order valence-electron chi connectivity index (χ1n) is 6.66. The van der Waals surface area contributed by atoms with Crippen molar-refractivity contribution in [2.24, 2.45) is 10.9 Å². The van der Waals surface area contributed by atoms with E-state index >= 15 is 0 Å². The molecule has 0 aliphatic carbocycles. The lowest BCUT2D eigenvalue weighted by Gasteiger charge is -2.25. The molecule has 0 fully saturated rings. The zero-order valence-corrected chi connectivity index (χ0v) is 13.9. The molecule has 20 heavy (non-hydrogen) atoms. The van der Waals surface area contributed by atoms with E-state index in [4.69, 9.17) is 10.9 Å². The number of benzene rings is 1. The molecule has 0 aliphatic heterocycles. The van der Waals surface area contributed by atoms with Crippen LogP contribution in [0.4, 0.5) is 5.69 Å². The SMILES string of the molecule is CCN(CCCN(C)C)c1ccc(/C(N)=N/O)cc1Br. The van der Waals surface area contributed by atoms with Crippen molar-refractivity contribution in [1.82, 2.24) is 4.90 Å². The summed E-state index contributed by atoms with van der Waals surface area (Å²) in [7, 11) is 4.16. The second-order valence-electron chi connectivity index (χ2n) is 4.89. The molecule has 0 atom stereocenters.